The number of benzene rings is 2. The van der Waals surface area contributed by atoms with Gasteiger partial charge in [-0.05, 0) is 43.2 Å². The van der Waals surface area contributed by atoms with Crippen LogP contribution in [0.15, 0.2) is 53.1 Å². The molecule has 3 heteroatoms. The molecule has 0 atom stereocenters. The number of aromatic nitrogens is 1. The quantitative estimate of drug-likeness (QED) is 0.347. The summed E-state index contributed by atoms with van der Waals surface area (Å²) in [6, 6.07) is 14.1. The Bertz CT molecular complexity index is 1150. The van der Waals surface area contributed by atoms with Gasteiger partial charge in [0.2, 0.25) is 5.69 Å². The summed E-state index contributed by atoms with van der Waals surface area (Å²) in [4.78, 5) is 3.55. The number of furan rings is 1. The first-order valence-corrected chi connectivity index (χ1v) is 7.89. The van der Waals surface area contributed by atoms with Crippen molar-refractivity contribution in [3.05, 3.63) is 71.2 Å². The maximum absolute atomic E-state index is 7.27. The van der Waals surface area contributed by atoms with Crippen molar-refractivity contribution in [2.24, 2.45) is 7.05 Å². The topological polar surface area (TPSA) is 21.4 Å². The highest BCUT2D eigenvalue weighted by Gasteiger charge is 2.21. The third-order valence-electron chi connectivity index (χ3n) is 4.57. The lowest BCUT2D eigenvalue weighted by molar-refractivity contribution is -0.660. The SMILES string of the molecule is [C-]#[N+]c1cc(C)c2c(c1)oc1ccc(C)c(-c3cccc[n+]3C)c12. The first-order valence-electron chi connectivity index (χ1n) is 7.89. The molecule has 2 aromatic carbocycles. The van der Waals surface area contributed by atoms with Gasteiger partial charge in [0.25, 0.3) is 0 Å². The highest BCUT2D eigenvalue weighted by molar-refractivity contribution is 6.14. The fourth-order valence-corrected chi connectivity index (χ4v) is 3.45. The van der Waals surface area contributed by atoms with Crippen LogP contribution in [0.25, 0.3) is 38.0 Å². The molecule has 0 aliphatic carbocycles. The van der Waals surface area contributed by atoms with E-state index < -0.39 is 0 Å². The highest BCUT2D eigenvalue weighted by Crippen LogP contribution is 2.40. The van der Waals surface area contributed by atoms with Gasteiger partial charge in [-0.3, -0.25) is 0 Å². The van der Waals surface area contributed by atoms with Crippen LogP contribution in [0.3, 0.4) is 0 Å². The number of pyridine rings is 1. The number of hydrogen-bond acceptors (Lipinski definition) is 1. The predicted molar refractivity (Wildman–Crippen MR) is 96.1 cm³/mol. The molecule has 2 heterocycles. The fraction of sp³-hybridized carbons (Fsp3) is 0.143. The van der Waals surface area contributed by atoms with Crippen molar-refractivity contribution in [2.75, 3.05) is 0 Å². The molecule has 116 valence electrons. The molecule has 0 radical (unpaired) electrons. The van der Waals surface area contributed by atoms with Crippen molar-refractivity contribution in [1.82, 2.24) is 0 Å². The summed E-state index contributed by atoms with van der Waals surface area (Å²) in [5, 5.41) is 2.22. The summed E-state index contributed by atoms with van der Waals surface area (Å²) in [6.07, 6.45) is 2.06. The number of hydrogen-bond donors (Lipinski definition) is 0. The van der Waals surface area contributed by atoms with Crippen LogP contribution >= 0.6 is 0 Å². The molecule has 0 N–H and O–H groups in total. The van der Waals surface area contributed by atoms with Crippen LogP contribution in [-0.4, -0.2) is 0 Å². The van der Waals surface area contributed by atoms with E-state index in [0.717, 1.165) is 33.2 Å². The largest absolute Gasteiger partial charge is 0.457 e. The van der Waals surface area contributed by atoms with Crippen molar-refractivity contribution in [3.8, 4) is 11.3 Å². The minimum absolute atomic E-state index is 0.614. The van der Waals surface area contributed by atoms with Crippen molar-refractivity contribution < 1.29 is 8.98 Å². The summed E-state index contributed by atoms with van der Waals surface area (Å²) < 4.78 is 8.21. The lowest BCUT2D eigenvalue weighted by Crippen LogP contribution is -2.30. The standard InChI is InChI=1S/C21H17N2O/c1-13-8-9-17-21(19(13)16-7-5-6-10-23(16)4)20-14(2)11-15(22-3)12-18(20)24-17/h5-12H,1-2,4H3/q+1. The van der Waals surface area contributed by atoms with Gasteiger partial charge in [-0.1, -0.05) is 12.1 Å². The summed E-state index contributed by atoms with van der Waals surface area (Å²) in [5.41, 5.74) is 6.87. The number of fused-ring (bicyclic) bond motifs is 3. The van der Waals surface area contributed by atoms with Crippen LogP contribution in [0, 0.1) is 20.4 Å². The number of aryl methyl sites for hydroxylation is 3. The molecular weight excluding hydrogens is 296 g/mol. The summed E-state index contributed by atoms with van der Waals surface area (Å²) in [7, 11) is 2.06. The zero-order chi connectivity index (χ0) is 16.8. The van der Waals surface area contributed by atoms with E-state index in [1.165, 1.54) is 11.1 Å². The molecule has 0 aliphatic rings. The van der Waals surface area contributed by atoms with Crippen LogP contribution in [0.2, 0.25) is 0 Å². The van der Waals surface area contributed by atoms with E-state index >= 15 is 0 Å². The molecule has 0 saturated heterocycles. The molecule has 0 bridgehead atoms. The van der Waals surface area contributed by atoms with E-state index in [-0.39, 0.29) is 0 Å². The van der Waals surface area contributed by atoms with Gasteiger partial charge in [0.1, 0.15) is 18.2 Å². The smallest absolute Gasteiger partial charge is 0.213 e. The van der Waals surface area contributed by atoms with Gasteiger partial charge >= 0.3 is 0 Å². The Balaban J connectivity index is 2.22. The average Bonchev–Trinajstić information content (AvgIpc) is 2.94. The normalized spacial score (nSPS) is 11.1. The Morgan fingerprint density at radius 2 is 1.79 bits per heavy atom. The fourth-order valence-electron chi connectivity index (χ4n) is 3.45. The summed E-state index contributed by atoms with van der Waals surface area (Å²) >= 11 is 0. The molecule has 0 aliphatic heterocycles. The number of rotatable bonds is 1. The highest BCUT2D eigenvalue weighted by atomic mass is 16.3. The van der Waals surface area contributed by atoms with E-state index in [2.05, 4.69) is 47.8 Å². The van der Waals surface area contributed by atoms with Crippen molar-refractivity contribution >= 4 is 27.6 Å². The molecule has 0 saturated carbocycles. The summed E-state index contributed by atoms with van der Waals surface area (Å²) in [6.45, 7) is 11.4. The summed E-state index contributed by atoms with van der Waals surface area (Å²) in [5.74, 6) is 0. The molecule has 3 nitrogen and oxygen atoms in total. The van der Waals surface area contributed by atoms with E-state index in [0.29, 0.717) is 5.69 Å². The Kier molecular flexibility index (Phi) is 3.14. The molecule has 4 rings (SSSR count). The van der Waals surface area contributed by atoms with Crippen LogP contribution < -0.4 is 4.57 Å². The zero-order valence-corrected chi connectivity index (χ0v) is 13.9. The Hall–Kier alpha value is -3.12. The first-order chi connectivity index (χ1) is 11.6. The molecule has 24 heavy (non-hydrogen) atoms. The van der Waals surface area contributed by atoms with E-state index in [1.807, 2.05) is 31.2 Å². The molecule has 2 aromatic heterocycles. The second kappa shape index (κ2) is 5.21. The molecule has 0 amide bonds. The van der Waals surface area contributed by atoms with Gasteiger partial charge in [-0.25, -0.2) is 9.41 Å². The van der Waals surface area contributed by atoms with Crippen molar-refractivity contribution in [1.29, 1.82) is 0 Å². The molecular formula is C21H17N2O+. The van der Waals surface area contributed by atoms with Crippen LogP contribution in [0.5, 0.6) is 0 Å². The Labute approximate surface area is 140 Å². The Morgan fingerprint density at radius 3 is 2.54 bits per heavy atom. The first kappa shape index (κ1) is 14.5. The second-order valence-corrected chi connectivity index (χ2v) is 6.18. The van der Waals surface area contributed by atoms with Gasteiger partial charge < -0.3 is 4.42 Å². The van der Waals surface area contributed by atoms with Gasteiger partial charge in [0.05, 0.1) is 12.1 Å². The van der Waals surface area contributed by atoms with Gasteiger partial charge in [-0.2, -0.15) is 0 Å². The maximum Gasteiger partial charge on any atom is 0.213 e. The third kappa shape index (κ3) is 2.00. The van der Waals surface area contributed by atoms with Gasteiger partial charge in [0.15, 0.2) is 11.9 Å². The average molecular weight is 313 g/mol. The van der Waals surface area contributed by atoms with E-state index in [4.69, 9.17) is 11.0 Å². The molecule has 0 fully saturated rings. The molecule has 0 unspecified atom stereocenters. The number of nitrogens with zero attached hydrogens (tertiary/aromatic N) is 2. The third-order valence-corrected chi connectivity index (χ3v) is 4.57. The second-order valence-electron chi connectivity index (χ2n) is 6.18. The van der Waals surface area contributed by atoms with E-state index in [9.17, 15) is 0 Å². The molecule has 0 spiro atoms. The minimum atomic E-state index is 0.614. The minimum Gasteiger partial charge on any atom is -0.457 e. The van der Waals surface area contributed by atoms with Crippen LogP contribution in [0.1, 0.15) is 11.1 Å². The zero-order valence-electron chi connectivity index (χ0n) is 13.9. The van der Waals surface area contributed by atoms with Crippen molar-refractivity contribution in [2.45, 2.75) is 13.8 Å². The van der Waals surface area contributed by atoms with Crippen molar-refractivity contribution in [3.63, 3.8) is 0 Å². The Morgan fingerprint density at radius 1 is 0.958 bits per heavy atom. The lowest BCUT2D eigenvalue weighted by atomic mass is 9.96. The lowest BCUT2D eigenvalue weighted by Gasteiger charge is -2.07. The maximum atomic E-state index is 7.27. The monoisotopic (exact) mass is 313 g/mol. The predicted octanol–water partition coefficient (Wildman–Crippen LogP) is 5.25. The van der Waals surface area contributed by atoms with E-state index in [1.54, 1.807) is 0 Å². The van der Waals surface area contributed by atoms with Crippen LogP contribution in [-0.2, 0) is 7.05 Å². The van der Waals surface area contributed by atoms with Gasteiger partial charge in [0, 0.05) is 22.9 Å². The van der Waals surface area contributed by atoms with Crippen LogP contribution in [0.4, 0.5) is 5.69 Å². The van der Waals surface area contributed by atoms with Gasteiger partial charge in [-0.15, -0.1) is 0 Å². The molecule has 4 aromatic rings.